The van der Waals surface area contributed by atoms with Gasteiger partial charge in [-0.05, 0) is 5.92 Å². The lowest BCUT2D eigenvalue weighted by Gasteiger charge is -2.16. The monoisotopic (exact) mass is 145 g/mol. The molecule has 0 fully saturated rings. The summed E-state index contributed by atoms with van der Waals surface area (Å²) in [7, 11) is 0. The van der Waals surface area contributed by atoms with Gasteiger partial charge < -0.3 is 10.4 Å². The first kappa shape index (κ1) is 9.92. The summed E-state index contributed by atoms with van der Waals surface area (Å²) >= 11 is 0. The Balaban J connectivity index is 3.30. The van der Waals surface area contributed by atoms with Crippen LogP contribution in [0.15, 0.2) is 0 Å². The number of aliphatic hydroxyl groups excluding tert-OH is 1. The van der Waals surface area contributed by atoms with Crippen molar-refractivity contribution in [3.63, 3.8) is 0 Å². The largest absolute Gasteiger partial charge is 0.392 e. The lowest BCUT2D eigenvalue weighted by Crippen LogP contribution is -2.34. The topological polar surface area (TPSA) is 32.3 Å². The van der Waals surface area contributed by atoms with Crippen molar-refractivity contribution in [1.82, 2.24) is 5.32 Å². The van der Waals surface area contributed by atoms with E-state index in [1.807, 2.05) is 13.8 Å². The minimum absolute atomic E-state index is 0.206. The van der Waals surface area contributed by atoms with Crippen LogP contribution in [0.2, 0.25) is 0 Å². The van der Waals surface area contributed by atoms with Gasteiger partial charge >= 0.3 is 0 Å². The summed E-state index contributed by atoms with van der Waals surface area (Å²) in [6.45, 7) is 8.90. The van der Waals surface area contributed by atoms with Crippen LogP contribution in [0.5, 0.6) is 0 Å². The van der Waals surface area contributed by atoms with Gasteiger partial charge in [0.15, 0.2) is 0 Å². The highest BCUT2D eigenvalue weighted by atomic mass is 16.3. The van der Waals surface area contributed by atoms with E-state index in [0.29, 0.717) is 18.5 Å². The van der Waals surface area contributed by atoms with Gasteiger partial charge in [-0.15, -0.1) is 0 Å². The highest BCUT2D eigenvalue weighted by Crippen LogP contribution is 1.98. The van der Waals surface area contributed by atoms with Gasteiger partial charge in [-0.2, -0.15) is 0 Å². The Morgan fingerprint density at radius 3 is 2.00 bits per heavy atom. The molecule has 0 aliphatic heterocycles. The Kier molecular flexibility index (Phi) is 4.65. The summed E-state index contributed by atoms with van der Waals surface area (Å²) in [4.78, 5) is 0. The molecule has 2 heteroatoms. The number of nitrogens with one attached hydrogen (secondary N) is 1. The van der Waals surface area contributed by atoms with Gasteiger partial charge in [0.25, 0.3) is 0 Å². The Bertz CT molecular complexity index is 81.3. The fraction of sp³-hybridized carbons (Fsp3) is 1.00. The molecule has 0 aliphatic rings. The highest BCUT2D eigenvalue weighted by Gasteiger charge is 2.07. The molecule has 1 atom stereocenters. The molecule has 10 heavy (non-hydrogen) atoms. The molecule has 62 valence electrons. The molecule has 0 saturated heterocycles. The van der Waals surface area contributed by atoms with Gasteiger partial charge in [0.2, 0.25) is 0 Å². The van der Waals surface area contributed by atoms with Crippen molar-refractivity contribution in [1.29, 1.82) is 0 Å². The van der Waals surface area contributed by atoms with Gasteiger partial charge in [0.05, 0.1) is 6.10 Å². The third kappa shape index (κ3) is 4.77. The summed E-state index contributed by atoms with van der Waals surface area (Å²) in [6, 6.07) is 0.466. The molecule has 0 unspecified atom stereocenters. The predicted octanol–water partition coefficient (Wildman–Crippen LogP) is 1.00. The van der Waals surface area contributed by atoms with E-state index in [1.54, 1.807) is 0 Å². The van der Waals surface area contributed by atoms with Crippen molar-refractivity contribution in [2.75, 3.05) is 6.54 Å². The minimum Gasteiger partial charge on any atom is -0.392 e. The second-order valence-electron chi connectivity index (χ2n) is 3.37. The molecule has 0 amide bonds. The summed E-state index contributed by atoms with van der Waals surface area (Å²) in [5.74, 6) is 0.353. The quantitative estimate of drug-likeness (QED) is 0.618. The molecule has 0 aromatic heterocycles. The number of rotatable bonds is 4. The molecular weight excluding hydrogens is 126 g/mol. The van der Waals surface area contributed by atoms with Crippen LogP contribution in [0.4, 0.5) is 0 Å². The number of aliphatic hydroxyl groups is 1. The number of hydrogen-bond donors (Lipinski definition) is 2. The first-order valence-corrected chi connectivity index (χ1v) is 3.95. The maximum atomic E-state index is 9.31. The van der Waals surface area contributed by atoms with Crippen LogP contribution < -0.4 is 5.32 Å². The third-order valence-corrected chi connectivity index (χ3v) is 1.50. The number of hydrogen-bond acceptors (Lipinski definition) is 2. The Labute approximate surface area is 63.6 Å². The molecule has 0 rings (SSSR count). The van der Waals surface area contributed by atoms with E-state index in [2.05, 4.69) is 19.2 Å². The minimum atomic E-state index is -0.206. The van der Waals surface area contributed by atoms with E-state index in [9.17, 15) is 5.11 Å². The Morgan fingerprint density at radius 2 is 1.70 bits per heavy atom. The van der Waals surface area contributed by atoms with E-state index < -0.39 is 0 Å². The maximum absolute atomic E-state index is 9.31. The van der Waals surface area contributed by atoms with Crippen molar-refractivity contribution in [3.05, 3.63) is 0 Å². The summed E-state index contributed by atoms with van der Waals surface area (Å²) in [5.41, 5.74) is 0. The molecular formula is C8H19NO. The molecule has 0 aromatic carbocycles. The first-order valence-electron chi connectivity index (χ1n) is 3.95. The van der Waals surface area contributed by atoms with Crippen molar-refractivity contribution >= 4 is 0 Å². The van der Waals surface area contributed by atoms with Crippen molar-refractivity contribution < 1.29 is 5.11 Å². The average molecular weight is 145 g/mol. The second kappa shape index (κ2) is 4.69. The van der Waals surface area contributed by atoms with Crippen LogP contribution in [-0.2, 0) is 0 Å². The normalized spacial score (nSPS) is 14.7. The van der Waals surface area contributed by atoms with Crippen molar-refractivity contribution in [2.24, 2.45) is 5.92 Å². The van der Waals surface area contributed by atoms with Gasteiger partial charge in [0, 0.05) is 12.6 Å². The zero-order valence-electron chi connectivity index (χ0n) is 7.39. The summed E-state index contributed by atoms with van der Waals surface area (Å²) in [6.07, 6.45) is -0.206. The molecule has 2 nitrogen and oxygen atoms in total. The molecule has 2 N–H and O–H groups in total. The molecule has 0 spiro atoms. The van der Waals surface area contributed by atoms with Crippen LogP contribution in [0.1, 0.15) is 27.7 Å². The SMILES string of the molecule is CC(C)NC[C@@H](O)C(C)C. The van der Waals surface area contributed by atoms with E-state index in [1.165, 1.54) is 0 Å². The van der Waals surface area contributed by atoms with E-state index >= 15 is 0 Å². The highest BCUT2D eigenvalue weighted by molar-refractivity contribution is 4.64. The van der Waals surface area contributed by atoms with E-state index in [4.69, 9.17) is 0 Å². The lowest BCUT2D eigenvalue weighted by atomic mass is 10.1. The Hall–Kier alpha value is -0.0800. The van der Waals surface area contributed by atoms with Gasteiger partial charge in [-0.3, -0.25) is 0 Å². The van der Waals surface area contributed by atoms with Crippen LogP contribution in [0, 0.1) is 5.92 Å². The fourth-order valence-corrected chi connectivity index (χ4v) is 0.592. The molecule has 0 saturated carbocycles. The smallest absolute Gasteiger partial charge is 0.0687 e. The summed E-state index contributed by atoms with van der Waals surface area (Å²) < 4.78 is 0. The predicted molar refractivity (Wildman–Crippen MR) is 44.0 cm³/mol. The van der Waals surface area contributed by atoms with Crippen LogP contribution in [-0.4, -0.2) is 23.8 Å². The molecule has 0 heterocycles. The van der Waals surface area contributed by atoms with Crippen LogP contribution in [0.25, 0.3) is 0 Å². The van der Waals surface area contributed by atoms with Crippen molar-refractivity contribution in [2.45, 2.75) is 39.8 Å². The Morgan fingerprint density at radius 1 is 1.20 bits per heavy atom. The van der Waals surface area contributed by atoms with Crippen LogP contribution in [0.3, 0.4) is 0 Å². The third-order valence-electron chi connectivity index (χ3n) is 1.50. The van der Waals surface area contributed by atoms with Gasteiger partial charge in [-0.1, -0.05) is 27.7 Å². The van der Waals surface area contributed by atoms with Crippen LogP contribution >= 0.6 is 0 Å². The molecule has 0 bridgehead atoms. The second-order valence-corrected chi connectivity index (χ2v) is 3.37. The lowest BCUT2D eigenvalue weighted by molar-refractivity contribution is 0.121. The van der Waals surface area contributed by atoms with Gasteiger partial charge in [-0.25, -0.2) is 0 Å². The average Bonchev–Trinajstić information content (AvgIpc) is 1.82. The maximum Gasteiger partial charge on any atom is 0.0687 e. The standard InChI is InChI=1S/C8H19NO/c1-6(2)8(10)5-9-7(3)4/h6-10H,5H2,1-4H3/t8-/m1/s1. The van der Waals surface area contributed by atoms with Crippen molar-refractivity contribution in [3.8, 4) is 0 Å². The van der Waals surface area contributed by atoms with Gasteiger partial charge in [0.1, 0.15) is 0 Å². The van der Waals surface area contributed by atoms with E-state index in [0.717, 1.165) is 0 Å². The fourth-order valence-electron chi connectivity index (χ4n) is 0.592. The summed E-state index contributed by atoms with van der Waals surface area (Å²) in [5, 5.41) is 12.5. The molecule has 0 radical (unpaired) electrons. The van der Waals surface area contributed by atoms with E-state index in [-0.39, 0.29) is 6.10 Å². The molecule has 0 aliphatic carbocycles. The molecule has 0 aromatic rings. The zero-order chi connectivity index (χ0) is 8.15. The zero-order valence-corrected chi connectivity index (χ0v) is 7.39. The first-order chi connectivity index (χ1) is 4.54.